The van der Waals surface area contributed by atoms with Gasteiger partial charge in [-0.3, -0.25) is 9.78 Å². The standard InChI is InChI=1S/C28H28F3N3O5S/c1-3-34-24-12-7-18(27(37)33-23(16-35)17-5-9-21(10-6-17)40(38,39)4-2)13-19(24)14-25(34)26(36)22-11-8-20(15-32-22)28(29,30)31/h5-15,23,26,35-36H,3-4,16H2,1-2H3,(H,33,37)/t23-,26?/m0/s1. The summed E-state index contributed by atoms with van der Waals surface area (Å²) in [7, 11) is -3.39. The Morgan fingerprint density at radius 3 is 2.30 bits per heavy atom. The monoisotopic (exact) mass is 575 g/mol. The molecule has 0 aliphatic carbocycles. The van der Waals surface area contributed by atoms with Gasteiger partial charge >= 0.3 is 6.18 Å². The van der Waals surface area contributed by atoms with Gasteiger partial charge in [-0.2, -0.15) is 13.2 Å². The molecule has 0 fully saturated rings. The van der Waals surface area contributed by atoms with Crippen LogP contribution < -0.4 is 5.32 Å². The molecule has 0 saturated heterocycles. The molecular weight excluding hydrogens is 547 g/mol. The van der Waals surface area contributed by atoms with E-state index in [9.17, 15) is 36.6 Å². The lowest BCUT2D eigenvalue weighted by atomic mass is 10.1. The second kappa shape index (κ2) is 11.4. The van der Waals surface area contributed by atoms with Crippen molar-refractivity contribution in [1.29, 1.82) is 0 Å². The third-order valence-electron chi connectivity index (χ3n) is 6.70. The van der Waals surface area contributed by atoms with Crippen molar-refractivity contribution in [3.8, 4) is 0 Å². The normalized spacial score (nSPS) is 13.8. The van der Waals surface area contributed by atoms with Crippen LogP contribution in [0.15, 0.2) is 71.8 Å². The summed E-state index contributed by atoms with van der Waals surface area (Å²) < 4.78 is 64.6. The summed E-state index contributed by atoms with van der Waals surface area (Å²) in [6.45, 7) is 3.41. The number of hydrogen-bond acceptors (Lipinski definition) is 6. The average Bonchev–Trinajstić information content (AvgIpc) is 3.33. The van der Waals surface area contributed by atoms with E-state index in [0.29, 0.717) is 34.9 Å². The van der Waals surface area contributed by atoms with E-state index in [0.717, 1.165) is 12.1 Å². The maximum Gasteiger partial charge on any atom is 0.417 e. The van der Waals surface area contributed by atoms with Crippen molar-refractivity contribution in [3.05, 3.63) is 94.9 Å². The summed E-state index contributed by atoms with van der Waals surface area (Å²) in [6, 6.07) is 13.7. The van der Waals surface area contributed by atoms with E-state index in [1.807, 2.05) is 6.92 Å². The highest BCUT2D eigenvalue weighted by Gasteiger charge is 2.31. The van der Waals surface area contributed by atoms with Gasteiger partial charge in [-0.1, -0.05) is 19.1 Å². The van der Waals surface area contributed by atoms with E-state index < -0.39 is 46.2 Å². The number of fused-ring (bicyclic) bond motifs is 1. The first kappa shape index (κ1) is 29.2. The summed E-state index contributed by atoms with van der Waals surface area (Å²) in [5.41, 5.74) is 1.03. The lowest BCUT2D eigenvalue weighted by Gasteiger charge is -2.17. The molecule has 2 aromatic heterocycles. The van der Waals surface area contributed by atoms with Crippen molar-refractivity contribution < 1.29 is 36.6 Å². The molecule has 0 saturated carbocycles. The number of carbonyl (C=O) groups excluding carboxylic acids is 1. The number of aliphatic hydroxyl groups excluding tert-OH is 2. The first-order valence-corrected chi connectivity index (χ1v) is 14.1. The first-order valence-electron chi connectivity index (χ1n) is 12.5. The highest BCUT2D eigenvalue weighted by atomic mass is 32.2. The number of carbonyl (C=O) groups is 1. The number of halogens is 3. The van der Waals surface area contributed by atoms with Gasteiger partial charge in [0.05, 0.1) is 40.2 Å². The molecule has 0 bridgehead atoms. The van der Waals surface area contributed by atoms with Crippen LogP contribution in [0, 0.1) is 0 Å². The molecular formula is C28H28F3N3O5S. The molecule has 212 valence electrons. The molecule has 4 aromatic rings. The number of aryl methyl sites for hydroxylation is 1. The van der Waals surface area contributed by atoms with Crippen molar-refractivity contribution in [2.24, 2.45) is 0 Å². The summed E-state index contributed by atoms with van der Waals surface area (Å²) in [5.74, 6) is -0.532. The Morgan fingerprint density at radius 2 is 1.75 bits per heavy atom. The van der Waals surface area contributed by atoms with E-state index in [1.54, 1.807) is 35.8 Å². The number of benzene rings is 2. The molecule has 1 unspecified atom stereocenters. The highest BCUT2D eigenvalue weighted by Crippen LogP contribution is 2.32. The second-order valence-corrected chi connectivity index (χ2v) is 11.4. The number of amides is 1. The molecule has 4 rings (SSSR count). The fraction of sp³-hybridized carbons (Fsp3) is 0.286. The van der Waals surface area contributed by atoms with Crippen LogP contribution in [0.25, 0.3) is 10.9 Å². The van der Waals surface area contributed by atoms with Crippen LogP contribution in [0.4, 0.5) is 13.2 Å². The smallest absolute Gasteiger partial charge is 0.394 e. The van der Waals surface area contributed by atoms with Crippen LogP contribution in [0.1, 0.15) is 58.9 Å². The molecule has 1 amide bonds. The van der Waals surface area contributed by atoms with E-state index in [-0.39, 0.29) is 21.9 Å². The van der Waals surface area contributed by atoms with Crippen molar-refractivity contribution in [2.75, 3.05) is 12.4 Å². The van der Waals surface area contributed by atoms with Gasteiger partial charge in [0.2, 0.25) is 0 Å². The van der Waals surface area contributed by atoms with Crippen LogP contribution in [0.3, 0.4) is 0 Å². The largest absolute Gasteiger partial charge is 0.417 e. The summed E-state index contributed by atoms with van der Waals surface area (Å²) in [6.07, 6.45) is -5.17. The molecule has 8 nitrogen and oxygen atoms in total. The van der Waals surface area contributed by atoms with Crippen molar-refractivity contribution in [2.45, 2.75) is 43.6 Å². The van der Waals surface area contributed by atoms with Gasteiger partial charge < -0.3 is 20.1 Å². The molecule has 0 radical (unpaired) electrons. The predicted molar refractivity (Wildman–Crippen MR) is 142 cm³/mol. The van der Waals surface area contributed by atoms with E-state index in [1.165, 1.54) is 24.3 Å². The molecule has 0 aliphatic rings. The van der Waals surface area contributed by atoms with Crippen LogP contribution in [-0.4, -0.2) is 46.4 Å². The van der Waals surface area contributed by atoms with E-state index in [4.69, 9.17) is 0 Å². The van der Waals surface area contributed by atoms with Gasteiger partial charge in [0.1, 0.15) is 6.10 Å². The molecule has 2 aromatic carbocycles. The van der Waals surface area contributed by atoms with Gasteiger partial charge in [-0.15, -0.1) is 0 Å². The molecule has 0 aliphatic heterocycles. The Labute approximate surface area is 229 Å². The Bertz CT molecular complexity index is 1620. The molecule has 3 N–H and O–H groups in total. The minimum absolute atomic E-state index is 0.0473. The van der Waals surface area contributed by atoms with Crippen LogP contribution >= 0.6 is 0 Å². The number of nitrogens with one attached hydrogen (secondary N) is 1. The summed E-state index contributed by atoms with van der Waals surface area (Å²) in [4.78, 5) is 17.0. The topological polar surface area (TPSA) is 122 Å². The fourth-order valence-electron chi connectivity index (χ4n) is 4.45. The second-order valence-electron chi connectivity index (χ2n) is 9.14. The Balaban J connectivity index is 1.58. The van der Waals surface area contributed by atoms with Crippen LogP contribution in [0.5, 0.6) is 0 Å². The minimum Gasteiger partial charge on any atom is -0.394 e. The zero-order valence-corrected chi connectivity index (χ0v) is 22.5. The predicted octanol–water partition coefficient (Wildman–Crippen LogP) is 4.41. The van der Waals surface area contributed by atoms with Gasteiger partial charge in [-0.05, 0) is 61.0 Å². The van der Waals surface area contributed by atoms with Crippen molar-refractivity contribution in [1.82, 2.24) is 14.9 Å². The number of pyridine rings is 1. The number of aromatic nitrogens is 2. The minimum atomic E-state index is -4.54. The number of aliphatic hydroxyl groups is 2. The number of sulfone groups is 1. The number of rotatable bonds is 9. The highest BCUT2D eigenvalue weighted by molar-refractivity contribution is 7.91. The molecule has 2 atom stereocenters. The fourth-order valence-corrected chi connectivity index (χ4v) is 5.33. The Kier molecular flexibility index (Phi) is 8.33. The maximum absolute atomic E-state index is 13.1. The molecule has 0 spiro atoms. The Morgan fingerprint density at radius 1 is 1.05 bits per heavy atom. The first-order chi connectivity index (χ1) is 18.9. The van der Waals surface area contributed by atoms with Crippen molar-refractivity contribution in [3.63, 3.8) is 0 Å². The van der Waals surface area contributed by atoms with Crippen LogP contribution in [-0.2, 0) is 22.6 Å². The number of hydrogen-bond donors (Lipinski definition) is 3. The molecule has 12 heteroatoms. The third kappa shape index (κ3) is 5.88. The molecule has 2 heterocycles. The lowest BCUT2D eigenvalue weighted by Crippen LogP contribution is -2.30. The maximum atomic E-state index is 13.1. The summed E-state index contributed by atoms with van der Waals surface area (Å²) >= 11 is 0. The van der Waals surface area contributed by atoms with Crippen LogP contribution in [0.2, 0.25) is 0 Å². The quantitative estimate of drug-likeness (QED) is 0.272. The number of alkyl halides is 3. The summed E-state index contributed by atoms with van der Waals surface area (Å²) in [5, 5.41) is 24.2. The third-order valence-corrected chi connectivity index (χ3v) is 8.45. The van der Waals surface area contributed by atoms with Crippen molar-refractivity contribution >= 4 is 26.6 Å². The zero-order chi connectivity index (χ0) is 29.2. The average molecular weight is 576 g/mol. The van der Waals surface area contributed by atoms with E-state index >= 15 is 0 Å². The van der Waals surface area contributed by atoms with Gasteiger partial charge in [0.25, 0.3) is 5.91 Å². The van der Waals surface area contributed by atoms with Gasteiger partial charge in [0.15, 0.2) is 9.84 Å². The number of nitrogens with zero attached hydrogens (tertiary/aromatic N) is 2. The Hall–Kier alpha value is -3.74. The SMILES string of the molecule is CCn1c(C(O)c2ccc(C(F)(F)F)cn2)cc2cc(C(=O)N[C@@H](CO)c3ccc(S(=O)(=O)CC)cc3)ccc21. The van der Waals surface area contributed by atoms with Gasteiger partial charge in [0, 0.05) is 29.2 Å². The zero-order valence-electron chi connectivity index (χ0n) is 21.7. The van der Waals surface area contributed by atoms with E-state index in [2.05, 4.69) is 10.3 Å². The van der Waals surface area contributed by atoms with Gasteiger partial charge in [-0.25, -0.2) is 8.42 Å². The molecule has 40 heavy (non-hydrogen) atoms. The lowest BCUT2D eigenvalue weighted by molar-refractivity contribution is -0.137.